The first-order valence-corrected chi connectivity index (χ1v) is 8.75. The van der Waals surface area contributed by atoms with E-state index in [0.29, 0.717) is 24.8 Å². The molecule has 0 saturated heterocycles. The van der Waals surface area contributed by atoms with Crippen LogP contribution in [0.25, 0.3) is 10.9 Å². The van der Waals surface area contributed by atoms with E-state index in [1.165, 1.54) is 5.56 Å². The topological polar surface area (TPSA) is 63.2 Å². The monoisotopic (exact) mass is 349 g/mol. The van der Waals surface area contributed by atoms with Crippen LogP contribution in [0.1, 0.15) is 25.3 Å². The predicted octanol–water partition coefficient (Wildman–Crippen LogP) is 4.56. The van der Waals surface area contributed by atoms with Crippen molar-refractivity contribution >= 4 is 22.6 Å². The lowest BCUT2D eigenvalue weighted by molar-refractivity contribution is 0.247. The van der Waals surface area contributed by atoms with Crippen LogP contribution in [0, 0.1) is 0 Å². The van der Waals surface area contributed by atoms with Crippen molar-refractivity contribution in [2.24, 2.45) is 0 Å². The highest BCUT2D eigenvalue weighted by atomic mass is 16.5. The normalized spacial score (nSPS) is 10.7. The maximum atomic E-state index is 12.1. The van der Waals surface area contributed by atoms with E-state index >= 15 is 0 Å². The Morgan fingerprint density at radius 1 is 1.08 bits per heavy atom. The highest BCUT2D eigenvalue weighted by molar-refractivity contribution is 5.99. The van der Waals surface area contributed by atoms with Gasteiger partial charge in [-0.05, 0) is 35.7 Å². The number of aromatic nitrogens is 1. The number of pyridine rings is 1. The van der Waals surface area contributed by atoms with Gasteiger partial charge in [-0.2, -0.15) is 0 Å². The van der Waals surface area contributed by atoms with Crippen LogP contribution < -0.4 is 15.4 Å². The highest BCUT2D eigenvalue weighted by Gasteiger charge is 2.06. The summed E-state index contributed by atoms with van der Waals surface area (Å²) in [4.78, 5) is 16.4. The van der Waals surface area contributed by atoms with Crippen LogP contribution in [0.5, 0.6) is 5.75 Å². The zero-order chi connectivity index (χ0) is 18.4. The van der Waals surface area contributed by atoms with Crippen molar-refractivity contribution in [3.8, 4) is 5.75 Å². The summed E-state index contributed by atoms with van der Waals surface area (Å²) >= 11 is 0. The van der Waals surface area contributed by atoms with Crippen LogP contribution in [-0.2, 0) is 0 Å². The van der Waals surface area contributed by atoms with E-state index in [9.17, 15) is 4.79 Å². The summed E-state index contributed by atoms with van der Waals surface area (Å²) in [6, 6.07) is 17.3. The number of amides is 2. The molecule has 3 rings (SSSR count). The van der Waals surface area contributed by atoms with Gasteiger partial charge in [0.15, 0.2) is 0 Å². The summed E-state index contributed by atoms with van der Waals surface area (Å²) in [7, 11) is 0. The number of ether oxygens (including phenoxy) is 1. The number of carbonyl (C=O) groups is 1. The summed E-state index contributed by atoms with van der Waals surface area (Å²) in [6.07, 6.45) is 1.71. The zero-order valence-electron chi connectivity index (χ0n) is 15.0. The van der Waals surface area contributed by atoms with Gasteiger partial charge in [0.05, 0.1) is 17.7 Å². The molecule has 1 heterocycles. The van der Waals surface area contributed by atoms with Gasteiger partial charge >= 0.3 is 6.03 Å². The van der Waals surface area contributed by atoms with E-state index in [1.54, 1.807) is 6.20 Å². The molecule has 0 radical (unpaired) electrons. The second kappa shape index (κ2) is 8.34. The fraction of sp³-hybridized carbons (Fsp3) is 0.238. The first-order chi connectivity index (χ1) is 12.6. The molecule has 0 atom stereocenters. The van der Waals surface area contributed by atoms with E-state index < -0.39 is 0 Å². The molecule has 2 N–H and O–H groups in total. The fourth-order valence-corrected chi connectivity index (χ4v) is 2.65. The van der Waals surface area contributed by atoms with Gasteiger partial charge in [-0.1, -0.05) is 44.2 Å². The Bertz CT molecular complexity index is 871. The number of fused-ring (bicyclic) bond motifs is 1. The van der Waals surface area contributed by atoms with Crippen molar-refractivity contribution in [3.05, 3.63) is 66.4 Å². The third-order valence-corrected chi connectivity index (χ3v) is 4.08. The molecular formula is C21H23N3O2. The van der Waals surface area contributed by atoms with E-state index in [2.05, 4.69) is 41.6 Å². The molecule has 3 aromatic rings. The maximum absolute atomic E-state index is 12.1. The van der Waals surface area contributed by atoms with Crippen LogP contribution in [-0.4, -0.2) is 24.2 Å². The molecule has 0 saturated carbocycles. The largest absolute Gasteiger partial charge is 0.492 e. The van der Waals surface area contributed by atoms with E-state index in [1.807, 2.05) is 42.5 Å². The second-order valence-electron chi connectivity index (χ2n) is 6.33. The van der Waals surface area contributed by atoms with Crippen LogP contribution in [0.2, 0.25) is 0 Å². The number of rotatable bonds is 6. The van der Waals surface area contributed by atoms with Crippen molar-refractivity contribution < 1.29 is 9.53 Å². The molecule has 1 aromatic heterocycles. The number of hydrogen-bond acceptors (Lipinski definition) is 3. The van der Waals surface area contributed by atoms with Crippen LogP contribution >= 0.6 is 0 Å². The van der Waals surface area contributed by atoms with Gasteiger partial charge in [-0.15, -0.1) is 0 Å². The number of anilines is 1. The van der Waals surface area contributed by atoms with Crippen molar-refractivity contribution in [1.82, 2.24) is 10.3 Å². The van der Waals surface area contributed by atoms with Crippen molar-refractivity contribution in [2.45, 2.75) is 19.8 Å². The molecule has 0 aliphatic carbocycles. The smallest absolute Gasteiger partial charge is 0.319 e. The highest BCUT2D eigenvalue weighted by Crippen LogP contribution is 2.20. The lowest BCUT2D eigenvalue weighted by Gasteiger charge is -2.11. The number of urea groups is 1. The minimum absolute atomic E-state index is 0.276. The first kappa shape index (κ1) is 17.7. The molecule has 5 nitrogen and oxygen atoms in total. The lowest BCUT2D eigenvalue weighted by Crippen LogP contribution is -2.32. The van der Waals surface area contributed by atoms with Gasteiger partial charge in [-0.25, -0.2) is 4.79 Å². The number of benzene rings is 2. The molecule has 2 aromatic carbocycles. The Balaban J connectivity index is 1.47. The molecule has 0 bridgehead atoms. The van der Waals surface area contributed by atoms with E-state index in [0.717, 1.165) is 16.7 Å². The van der Waals surface area contributed by atoms with Gasteiger partial charge in [0, 0.05) is 11.6 Å². The van der Waals surface area contributed by atoms with Gasteiger partial charge in [0.25, 0.3) is 0 Å². The predicted molar refractivity (Wildman–Crippen MR) is 105 cm³/mol. The molecular weight excluding hydrogens is 326 g/mol. The minimum Gasteiger partial charge on any atom is -0.492 e. The van der Waals surface area contributed by atoms with Crippen molar-refractivity contribution in [2.75, 3.05) is 18.5 Å². The molecule has 5 heteroatoms. The van der Waals surface area contributed by atoms with Crippen LogP contribution in [0.4, 0.5) is 10.5 Å². The first-order valence-electron chi connectivity index (χ1n) is 8.75. The van der Waals surface area contributed by atoms with Gasteiger partial charge in [-0.3, -0.25) is 4.98 Å². The Morgan fingerprint density at radius 2 is 1.85 bits per heavy atom. The Morgan fingerprint density at radius 3 is 2.62 bits per heavy atom. The standard InChI is InChI=1S/C21H23N3O2/c1-15(2)16-8-10-18(11-9-16)26-14-13-23-21(25)24-19-7-3-5-17-6-4-12-22-20(17)19/h3-12,15H,13-14H2,1-2H3,(H2,23,24,25). The molecule has 0 spiro atoms. The molecule has 0 aliphatic heterocycles. The van der Waals surface area contributed by atoms with Crippen molar-refractivity contribution in [3.63, 3.8) is 0 Å². The Labute approximate surface area is 153 Å². The number of nitrogens with zero attached hydrogens (tertiary/aromatic N) is 1. The third kappa shape index (κ3) is 4.51. The van der Waals surface area contributed by atoms with E-state index in [4.69, 9.17) is 4.74 Å². The number of para-hydroxylation sites is 1. The Hall–Kier alpha value is -3.08. The van der Waals surface area contributed by atoms with Crippen LogP contribution in [0.15, 0.2) is 60.8 Å². The average Bonchev–Trinajstić information content (AvgIpc) is 2.66. The van der Waals surface area contributed by atoms with Crippen molar-refractivity contribution in [1.29, 1.82) is 0 Å². The van der Waals surface area contributed by atoms with Gasteiger partial charge in [0.2, 0.25) is 0 Å². The summed E-state index contributed by atoms with van der Waals surface area (Å²) in [5.74, 6) is 1.30. The molecule has 26 heavy (non-hydrogen) atoms. The van der Waals surface area contributed by atoms with Crippen LogP contribution in [0.3, 0.4) is 0 Å². The molecule has 0 unspecified atom stereocenters. The van der Waals surface area contributed by atoms with E-state index in [-0.39, 0.29) is 6.03 Å². The zero-order valence-corrected chi connectivity index (χ0v) is 15.0. The summed E-state index contributed by atoms with van der Waals surface area (Å²) in [6.45, 7) is 5.13. The number of hydrogen-bond donors (Lipinski definition) is 2. The second-order valence-corrected chi connectivity index (χ2v) is 6.33. The number of carbonyl (C=O) groups excluding carboxylic acids is 1. The van der Waals surface area contributed by atoms with Gasteiger partial charge in [0.1, 0.15) is 12.4 Å². The summed E-state index contributed by atoms with van der Waals surface area (Å²) in [5.41, 5.74) is 2.73. The summed E-state index contributed by atoms with van der Waals surface area (Å²) in [5, 5.41) is 6.61. The molecule has 0 fully saturated rings. The third-order valence-electron chi connectivity index (χ3n) is 4.08. The average molecular weight is 349 g/mol. The molecule has 2 amide bonds. The fourth-order valence-electron chi connectivity index (χ4n) is 2.65. The molecule has 134 valence electrons. The SMILES string of the molecule is CC(C)c1ccc(OCCNC(=O)Nc2cccc3cccnc23)cc1. The van der Waals surface area contributed by atoms with Gasteiger partial charge < -0.3 is 15.4 Å². The lowest BCUT2D eigenvalue weighted by atomic mass is 10.0. The summed E-state index contributed by atoms with van der Waals surface area (Å²) < 4.78 is 5.66. The minimum atomic E-state index is -0.276. The number of nitrogens with one attached hydrogen (secondary N) is 2. The Kier molecular flexibility index (Phi) is 5.69. The molecule has 0 aliphatic rings. The maximum Gasteiger partial charge on any atom is 0.319 e. The quantitative estimate of drug-likeness (QED) is 0.641.